The number of nitrogens with zero attached hydrogens (tertiary/aromatic N) is 1. The van der Waals surface area contributed by atoms with E-state index in [1.165, 1.54) is 7.11 Å². The third-order valence-electron chi connectivity index (χ3n) is 2.35. The summed E-state index contributed by atoms with van der Waals surface area (Å²) in [7, 11) is 1.28. The van der Waals surface area contributed by atoms with E-state index in [9.17, 15) is 9.59 Å². The van der Waals surface area contributed by atoms with Gasteiger partial charge in [-0.2, -0.15) is 0 Å². The highest BCUT2D eigenvalue weighted by molar-refractivity contribution is 6.31. The summed E-state index contributed by atoms with van der Waals surface area (Å²) >= 11 is 5.76. The van der Waals surface area contributed by atoms with Crippen molar-refractivity contribution in [3.8, 4) is 0 Å². The highest BCUT2D eigenvalue weighted by atomic mass is 35.5. The summed E-state index contributed by atoms with van der Waals surface area (Å²) < 4.78 is 0. The average Bonchev–Trinajstić information content (AvgIpc) is 2.72. The standard InChI is InChI=1S/C11H9ClN2O4/c1-17-14-10(15)8-9(13-18-11(8)16)6-2-4-7(12)5-3-6/h2-5,8H,1H3,(H,14,15). The van der Waals surface area contributed by atoms with Crippen LogP contribution in [0.4, 0.5) is 0 Å². The van der Waals surface area contributed by atoms with Gasteiger partial charge in [-0.1, -0.05) is 28.9 Å². The van der Waals surface area contributed by atoms with Crippen LogP contribution >= 0.6 is 11.6 Å². The summed E-state index contributed by atoms with van der Waals surface area (Å²) in [6, 6.07) is 6.56. The van der Waals surface area contributed by atoms with Crippen LogP contribution in [-0.4, -0.2) is 24.7 Å². The Morgan fingerprint density at radius 1 is 1.44 bits per heavy atom. The zero-order valence-corrected chi connectivity index (χ0v) is 10.1. The summed E-state index contributed by atoms with van der Waals surface area (Å²) in [6.07, 6.45) is 0. The number of amides is 1. The van der Waals surface area contributed by atoms with E-state index in [4.69, 9.17) is 11.6 Å². The molecule has 1 amide bonds. The van der Waals surface area contributed by atoms with E-state index in [0.29, 0.717) is 10.6 Å². The Hall–Kier alpha value is -1.92. The van der Waals surface area contributed by atoms with E-state index in [2.05, 4.69) is 20.3 Å². The minimum atomic E-state index is -1.13. The van der Waals surface area contributed by atoms with Crippen molar-refractivity contribution in [3.63, 3.8) is 0 Å². The second kappa shape index (κ2) is 5.16. The number of halogens is 1. The zero-order chi connectivity index (χ0) is 13.1. The fourth-order valence-corrected chi connectivity index (χ4v) is 1.67. The van der Waals surface area contributed by atoms with Crippen molar-refractivity contribution in [2.24, 2.45) is 11.1 Å². The zero-order valence-electron chi connectivity index (χ0n) is 9.34. The molecular formula is C11H9ClN2O4. The number of carbonyl (C=O) groups excluding carboxylic acids is 2. The molecule has 6 nitrogen and oxygen atoms in total. The number of hydrogen-bond donors (Lipinski definition) is 1. The van der Waals surface area contributed by atoms with E-state index in [1.807, 2.05) is 0 Å². The van der Waals surface area contributed by atoms with Gasteiger partial charge in [-0.05, 0) is 12.1 Å². The predicted octanol–water partition coefficient (Wildman–Crippen LogP) is 0.895. The summed E-state index contributed by atoms with van der Waals surface area (Å²) in [5.74, 6) is -2.51. The minimum Gasteiger partial charge on any atom is -0.317 e. The number of benzene rings is 1. The van der Waals surface area contributed by atoms with Gasteiger partial charge >= 0.3 is 5.97 Å². The molecule has 1 aliphatic heterocycles. The third kappa shape index (κ3) is 2.34. The molecule has 0 fully saturated rings. The topological polar surface area (TPSA) is 77.0 Å². The van der Waals surface area contributed by atoms with Gasteiger partial charge in [0.1, 0.15) is 5.71 Å². The second-order valence-electron chi connectivity index (χ2n) is 3.50. The predicted molar refractivity (Wildman–Crippen MR) is 62.7 cm³/mol. The summed E-state index contributed by atoms with van der Waals surface area (Å²) in [5.41, 5.74) is 2.90. The molecule has 1 atom stereocenters. The van der Waals surface area contributed by atoms with Crippen LogP contribution in [0.3, 0.4) is 0 Å². The smallest absolute Gasteiger partial charge is 0.317 e. The minimum absolute atomic E-state index is 0.228. The SMILES string of the molecule is CONC(=O)C1C(=O)ON=C1c1ccc(Cl)cc1. The highest BCUT2D eigenvalue weighted by Gasteiger charge is 2.40. The van der Waals surface area contributed by atoms with Crippen LogP contribution in [0, 0.1) is 5.92 Å². The molecule has 0 bridgehead atoms. The van der Waals surface area contributed by atoms with Crippen molar-refractivity contribution in [2.75, 3.05) is 7.11 Å². The van der Waals surface area contributed by atoms with Gasteiger partial charge in [0.05, 0.1) is 7.11 Å². The highest BCUT2D eigenvalue weighted by Crippen LogP contribution is 2.20. The molecule has 1 aromatic carbocycles. The Balaban J connectivity index is 2.29. The van der Waals surface area contributed by atoms with Crippen LogP contribution in [0.15, 0.2) is 29.4 Å². The average molecular weight is 269 g/mol. The molecule has 0 saturated carbocycles. The molecule has 1 aromatic rings. The number of carbonyl (C=O) groups is 2. The van der Waals surface area contributed by atoms with Crippen molar-refractivity contribution < 1.29 is 19.3 Å². The van der Waals surface area contributed by atoms with E-state index < -0.39 is 17.8 Å². The molecule has 1 unspecified atom stereocenters. The molecule has 0 aliphatic carbocycles. The quantitative estimate of drug-likeness (QED) is 0.502. The lowest BCUT2D eigenvalue weighted by atomic mass is 9.97. The number of rotatable bonds is 3. The summed E-state index contributed by atoms with van der Waals surface area (Å²) in [4.78, 5) is 32.1. The van der Waals surface area contributed by atoms with Gasteiger partial charge in [0.2, 0.25) is 0 Å². The monoisotopic (exact) mass is 268 g/mol. The second-order valence-corrected chi connectivity index (χ2v) is 3.93. The van der Waals surface area contributed by atoms with Crippen molar-refractivity contribution in [1.29, 1.82) is 0 Å². The van der Waals surface area contributed by atoms with Crippen LogP contribution in [0.25, 0.3) is 0 Å². The van der Waals surface area contributed by atoms with Gasteiger partial charge < -0.3 is 4.84 Å². The maximum Gasteiger partial charge on any atom is 0.353 e. The molecule has 2 rings (SSSR count). The molecule has 1 aliphatic rings. The first kappa shape index (κ1) is 12.5. The van der Waals surface area contributed by atoms with Crippen LogP contribution in [0.2, 0.25) is 5.02 Å². The summed E-state index contributed by atoms with van der Waals surface area (Å²) in [6.45, 7) is 0. The number of oxime groups is 1. The molecule has 1 heterocycles. The Kier molecular flexibility index (Phi) is 3.59. The van der Waals surface area contributed by atoms with Gasteiger partial charge in [0.25, 0.3) is 5.91 Å². The molecule has 94 valence electrons. The normalized spacial score (nSPS) is 18.2. The van der Waals surface area contributed by atoms with Gasteiger partial charge in [-0.25, -0.2) is 10.3 Å². The Labute approximate surface area is 107 Å². The lowest BCUT2D eigenvalue weighted by molar-refractivity contribution is -0.149. The maximum atomic E-state index is 11.7. The number of hydroxylamine groups is 1. The molecule has 0 spiro atoms. The lowest BCUT2D eigenvalue weighted by Crippen LogP contribution is -2.37. The first-order valence-electron chi connectivity index (χ1n) is 5.01. The molecule has 0 aromatic heterocycles. The first-order valence-corrected chi connectivity index (χ1v) is 5.39. The van der Waals surface area contributed by atoms with Crippen LogP contribution < -0.4 is 5.48 Å². The summed E-state index contributed by atoms with van der Waals surface area (Å²) in [5, 5.41) is 4.15. The van der Waals surface area contributed by atoms with Gasteiger partial charge in [-0.15, -0.1) is 0 Å². The Bertz CT molecular complexity index is 512. The lowest BCUT2D eigenvalue weighted by Gasteiger charge is -2.08. The number of hydrogen-bond acceptors (Lipinski definition) is 5. The van der Waals surface area contributed by atoms with Gasteiger partial charge in [0.15, 0.2) is 5.92 Å². The molecule has 18 heavy (non-hydrogen) atoms. The first-order chi connectivity index (χ1) is 8.63. The largest absolute Gasteiger partial charge is 0.353 e. The van der Waals surface area contributed by atoms with E-state index in [1.54, 1.807) is 24.3 Å². The fraction of sp³-hybridized carbons (Fsp3) is 0.182. The van der Waals surface area contributed by atoms with Gasteiger partial charge in [0, 0.05) is 10.6 Å². The van der Waals surface area contributed by atoms with Crippen LogP contribution in [0.1, 0.15) is 5.56 Å². The maximum absolute atomic E-state index is 11.7. The number of nitrogens with one attached hydrogen (secondary N) is 1. The Morgan fingerprint density at radius 3 is 2.72 bits per heavy atom. The third-order valence-corrected chi connectivity index (χ3v) is 2.60. The van der Waals surface area contributed by atoms with E-state index >= 15 is 0 Å². The van der Waals surface area contributed by atoms with E-state index in [-0.39, 0.29) is 5.71 Å². The van der Waals surface area contributed by atoms with Crippen LogP contribution in [0.5, 0.6) is 0 Å². The van der Waals surface area contributed by atoms with Crippen molar-refractivity contribution in [2.45, 2.75) is 0 Å². The Morgan fingerprint density at radius 2 is 2.11 bits per heavy atom. The van der Waals surface area contributed by atoms with Gasteiger partial charge in [-0.3, -0.25) is 9.63 Å². The van der Waals surface area contributed by atoms with Crippen LogP contribution in [-0.2, 0) is 19.3 Å². The molecule has 7 heteroatoms. The molecule has 0 radical (unpaired) electrons. The fourth-order valence-electron chi connectivity index (χ4n) is 1.54. The van der Waals surface area contributed by atoms with E-state index in [0.717, 1.165) is 0 Å². The van der Waals surface area contributed by atoms with Crippen molar-refractivity contribution >= 4 is 29.2 Å². The molecule has 1 N–H and O–H groups in total. The van der Waals surface area contributed by atoms with Crippen molar-refractivity contribution in [3.05, 3.63) is 34.9 Å². The molecule has 0 saturated heterocycles. The van der Waals surface area contributed by atoms with Crippen molar-refractivity contribution in [1.82, 2.24) is 5.48 Å². The molecular weight excluding hydrogens is 260 g/mol.